The van der Waals surface area contributed by atoms with E-state index in [1.807, 2.05) is 0 Å². The Balaban J connectivity index is -0.00000000500. The first kappa shape index (κ1) is 20.2. The van der Waals surface area contributed by atoms with Crippen LogP contribution in [0, 0.1) is 0 Å². The second-order valence-electron chi connectivity index (χ2n) is 0. The Morgan fingerprint density at radius 2 is 1.25 bits per heavy atom. The molecule has 0 aromatic rings. The molecular formula is C2H10NNa. The fraction of sp³-hybridized carbons (Fsp3) is 1.00. The van der Waals surface area contributed by atoms with E-state index in [2.05, 4.69) is 5.73 Å². The monoisotopic (exact) mass is 71.1 g/mol. The van der Waals surface area contributed by atoms with Gasteiger partial charge in [-0.15, -0.1) is 0 Å². The Morgan fingerprint density at radius 1 is 1.25 bits per heavy atom. The van der Waals surface area contributed by atoms with Gasteiger partial charge in [0.15, 0.2) is 0 Å². The number of hydrogen-bond donors (Lipinski definition) is 1. The third kappa shape index (κ3) is 12.3. The molecule has 0 spiro atoms. The van der Waals surface area contributed by atoms with Crippen LogP contribution < -0.4 is 5.73 Å². The molecule has 0 fully saturated rings. The average Bonchev–Trinajstić information content (AvgIpc) is 1.00. The third-order valence-corrected chi connectivity index (χ3v) is 0. The summed E-state index contributed by atoms with van der Waals surface area (Å²) in [7, 11) is 1.50. The van der Waals surface area contributed by atoms with Crippen molar-refractivity contribution in [3.8, 4) is 0 Å². The van der Waals surface area contributed by atoms with Crippen LogP contribution in [0.5, 0.6) is 0 Å². The zero-order chi connectivity index (χ0) is 2.00. The second-order valence-corrected chi connectivity index (χ2v) is 0. The molecule has 0 rings (SSSR count). The molecule has 0 heterocycles. The normalized spacial score (nSPS) is 1.50. The van der Waals surface area contributed by atoms with Crippen LogP contribution in [0.1, 0.15) is 7.43 Å². The predicted octanol–water partition coefficient (Wildman–Crippen LogP) is -0.437. The van der Waals surface area contributed by atoms with Gasteiger partial charge in [-0.1, -0.05) is 7.43 Å². The number of hydrogen-bond acceptors (Lipinski definition) is 1. The Labute approximate surface area is 49.9 Å². The second kappa shape index (κ2) is 37.6. The van der Waals surface area contributed by atoms with E-state index in [-0.39, 0.29) is 37.0 Å². The van der Waals surface area contributed by atoms with Gasteiger partial charge in [-0.25, -0.2) is 0 Å². The van der Waals surface area contributed by atoms with Gasteiger partial charge in [-0.2, -0.15) is 0 Å². The minimum absolute atomic E-state index is 0. The van der Waals surface area contributed by atoms with Crippen molar-refractivity contribution in [1.82, 2.24) is 0 Å². The van der Waals surface area contributed by atoms with Gasteiger partial charge < -0.3 is 5.73 Å². The van der Waals surface area contributed by atoms with Crippen LogP contribution in [0.25, 0.3) is 0 Å². The van der Waals surface area contributed by atoms with Crippen LogP contribution in [0.4, 0.5) is 0 Å². The quantitative estimate of drug-likeness (QED) is 0.385. The van der Waals surface area contributed by atoms with Gasteiger partial charge in [0.25, 0.3) is 0 Å². The van der Waals surface area contributed by atoms with E-state index in [1.54, 1.807) is 0 Å². The predicted molar refractivity (Wildman–Crippen MR) is 24.0 cm³/mol. The number of rotatable bonds is 0. The Morgan fingerprint density at radius 3 is 1.25 bits per heavy atom. The molecule has 2 heteroatoms. The standard InChI is InChI=1S/CH5N.CH4.Na.H/c1-2;;;/h2H2,1H3;1H4;;. The zero-order valence-electron chi connectivity index (χ0n) is 1.58. The summed E-state index contributed by atoms with van der Waals surface area (Å²) in [5.41, 5.74) is 4.50. The molecular weight excluding hydrogens is 61.0 g/mol. The molecule has 0 aromatic carbocycles. The van der Waals surface area contributed by atoms with Gasteiger partial charge in [-0.05, 0) is 7.05 Å². The van der Waals surface area contributed by atoms with Crippen molar-refractivity contribution in [1.29, 1.82) is 0 Å². The first-order valence-corrected chi connectivity index (χ1v) is 0.577. The first-order valence-electron chi connectivity index (χ1n) is 0.577. The topological polar surface area (TPSA) is 26.0 Å². The fourth-order valence-corrected chi connectivity index (χ4v) is 0. The zero-order valence-corrected chi connectivity index (χ0v) is 1.58. The van der Waals surface area contributed by atoms with Crippen LogP contribution in [-0.2, 0) is 0 Å². The SMILES string of the molecule is C.CN.[NaH]. The molecule has 0 radical (unpaired) electrons. The van der Waals surface area contributed by atoms with E-state index in [4.69, 9.17) is 0 Å². The fourth-order valence-electron chi connectivity index (χ4n) is 0. The Kier molecular flexibility index (Phi) is 191. The van der Waals surface area contributed by atoms with E-state index >= 15 is 0 Å². The van der Waals surface area contributed by atoms with Crippen LogP contribution in [0.2, 0.25) is 0 Å². The Bertz CT molecular complexity index is 6.00. The van der Waals surface area contributed by atoms with Gasteiger partial charge >= 0.3 is 29.6 Å². The molecule has 0 aliphatic heterocycles. The molecule has 0 bridgehead atoms. The third-order valence-electron chi connectivity index (χ3n) is 0. The maximum absolute atomic E-state index is 4.50. The molecule has 1 nitrogen and oxygen atoms in total. The van der Waals surface area contributed by atoms with Crippen molar-refractivity contribution in [3.63, 3.8) is 0 Å². The van der Waals surface area contributed by atoms with Crippen LogP contribution in [-0.4, -0.2) is 36.6 Å². The maximum atomic E-state index is 4.50. The molecule has 4 heavy (non-hydrogen) atoms. The van der Waals surface area contributed by atoms with E-state index in [0.29, 0.717) is 0 Å². The summed E-state index contributed by atoms with van der Waals surface area (Å²) in [5, 5.41) is 0. The summed E-state index contributed by atoms with van der Waals surface area (Å²) in [4.78, 5) is 0. The van der Waals surface area contributed by atoms with Gasteiger partial charge in [0.2, 0.25) is 0 Å². The molecule has 0 atom stereocenters. The molecule has 0 saturated carbocycles. The summed E-state index contributed by atoms with van der Waals surface area (Å²) in [5.74, 6) is 0. The molecule has 0 amide bonds. The van der Waals surface area contributed by atoms with Crippen LogP contribution >= 0.6 is 0 Å². The van der Waals surface area contributed by atoms with E-state index < -0.39 is 0 Å². The van der Waals surface area contributed by atoms with Crippen molar-refractivity contribution < 1.29 is 0 Å². The summed E-state index contributed by atoms with van der Waals surface area (Å²) in [6.07, 6.45) is 0. The molecule has 2 N–H and O–H groups in total. The molecule has 0 aromatic heterocycles. The van der Waals surface area contributed by atoms with Crippen molar-refractivity contribution in [3.05, 3.63) is 0 Å². The van der Waals surface area contributed by atoms with Crippen LogP contribution in [0.3, 0.4) is 0 Å². The summed E-state index contributed by atoms with van der Waals surface area (Å²) in [6.45, 7) is 0. The molecule has 0 saturated heterocycles. The minimum atomic E-state index is 0. The van der Waals surface area contributed by atoms with E-state index in [9.17, 15) is 0 Å². The van der Waals surface area contributed by atoms with Gasteiger partial charge in [0, 0.05) is 0 Å². The van der Waals surface area contributed by atoms with Crippen LogP contribution in [0.15, 0.2) is 0 Å². The Hall–Kier alpha value is 0.960. The molecule has 0 aliphatic rings. The average molecular weight is 71.1 g/mol. The van der Waals surface area contributed by atoms with Crippen molar-refractivity contribution >= 4 is 29.6 Å². The molecule has 0 unspecified atom stereocenters. The van der Waals surface area contributed by atoms with Crippen molar-refractivity contribution in [2.75, 3.05) is 7.05 Å². The van der Waals surface area contributed by atoms with E-state index in [0.717, 1.165) is 0 Å². The molecule has 0 aliphatic carbocycles. The number of nitrogens with two attached hydrogens (primary N) is 1. The van der Waals surface area contributed by atoms with Crippen molar-refractivity contribution in [2.45, 2.75) is 7.43 Å². The summed E-state index contributed by atoms with van der Waals surface area (Å²) in [6, 6.07) is 0. The van der Waals surface area contributed by atoms with Gasteiger partial charge in [0.1, 0.15) is 0 Å². The first-order chi connectivity index (χ1) is 1.00. The molecule has 24 valence electrons. The van der Waals surface area contributed by atoms with E-state index in [1.165, 1.54) is 7.05 Å². The van der Waals surface area contributed by atoms with Crippen molar-refractivity contribution in [2.24, 2.45) is 5.73 Å². The van der Waals surface area contributed by atoms with Gasteiger partial charge in [-0.3, -0.25) is 0 Å². The summed E-state index contributed by atoms with van der Waals surface area (Å²) >= 11 is 0. The summed E-state index contributed by atoms with van der Waals surface area (Å²) < 4.78 is 0. The van der Waals surface area contributed by atoms with Gasteiger partial charge in [0.05, 0.1) is 0 Å².